The van der Waals surface area contributed by atoms with Gasteiger partial charge in [0.05, 0.1) is 6.04 Å². The molecular weight excluding hydrogens is 260 g/mol. The first-order valence-electron chi connectivity index (χ1n) is 9.25. The van der Waals surface area contributed by atoms with Crippen LogP contribution in [0, 0.1) is 11.3 Å². The van der Waals surface area contributed by atoms with Crippen molar-refractivity contribution in [3.63, 3.8) is 0 Å². The molecule has 2 saturated heterocycles. The summed E-state index contributed by atoms with van der Waals surface area (Å²) in [6.45, 7) is 5.29. The summed E-state index contributed by atoms with van der Waals surface area (Å²) < 4.78 is 0. The highest BCUT2D eigenvalue weighted by Crippen LogP contribution is 2.44. The molecule has 1 aliphatic carbocycles. The van der Waals surface area contributed by atoms with E-state index in [4.69, 9.17) is 0 Å². The highest BCUT2D eigenvalue weighted by Gasteiger charge is 2.38. The summed E-state index contributed by atoms with van der Waals surface area (Å²) in [4.78, 5) is 14.9. The third kappa shape index (κ3) is 3.44. The fourth-order valence-electron chi connectivity index (χ4n) is 4.78. The molecule has 3 fully saturated rings. The van der Waals surface area contributed by atoms with Crippen LogP contribution >= 0.6 is 0 Å². The molecule has 0 aromatic rings. The minimum Gasteiger partial charge on any atom is -0.341 e. The minimum atomic E-state index is 0.101. The molecule has 2 atom stereocenters. The largest absolute Gasteiger partial charge is 0.341 e. The van der Waals surface area contributed by atoms with Crippen LogP contribution in [0.4, 0.5) is 0 Å². The molecular formula is C18H32N2O. The number of hydrogen-bond acceptors (Lipinski definition) is 2. The molecule has 3 aliphatic rings. The Morgan fingerprint density at radius 1 is 1.14 bits per heavy atom. The third-order valence-electron chi connectivity index (χ3n) is 6.44. The molecule has 1 N–H and O–H groups in total. The fraction of sp³-hybridized carbons (Fsp3) is 0.944. The topological polar surface area (TPSA) is 32.3 Å². The molecule has 3 rings (SSSR count). The molecule has 3 nitrogen and oxygen atoms in total. The van der Waals surface area contributed by atoms with Crippen molar-refractivity contribution in [3.8, 4) is 0 Å². The lowest BCUT2D eigenvalue weighted by Gasteiger charge is -2.45. The summed E-state index contributed by atoms with van der Waals surface area (Å²) in [7, 11) is 0. The molecule has 1 amide bonds. The van der Waals surface area contributed by atoms with Gasteiger partial charge in [0.15, 0.2) is 0 Å². The zero-order valence-electron chi connectivity index (χ0n) is 13.7. The molecule has 2 unspecified atom stereocenters. The lowest BCUT2D eigenvalue weighted by Crippen LogP contribution is -2.53. The zero-order valence-corrected chi connectivity index (χ0v) is 13.7. The van der Waals surface area contributed by atoms with E-state index in [0.29, 0.717) is 11.3 Å². The summed E-state index contributed by atoms with van der Waals surface area (Å²) in [6.07, 6.45) is 13.1. The normalized spacial score (nSPS) is 33.1. The van der Waals surface area contributed by atoms with Crippen LogP contribution < -0.4 is 5.32 Å². The van der Waals surface area contributed by atoms with Crippen molar-refractivity contribution in [1.29, 1.82) is 0 Å². The number of hydrogen-bond donors (Lipinski definition) is 1. The SMILES string of the molecule is CCC1CCNC(C(=O)N2CCC3(CCCCC3)CC2)C1. The predicted molar refractivity (Wildman–Crippen MR) is 86.1 cm³/mol. The fourth-order valence-corrected chi connectivity index (χ4v) is 4.78. The van der Waals surface area contributed by atoms with Crippen LogP contribution in [-0.2, 0) is 4.79 Å². The lowest BCUT2D eigenvalue weighted by molar-refractivity contribution is -0.137. The Kier molecular flexibility index (Phi) is 4.88. The quantitative estimate of drug-likeness (QED) is 0.846. The van der Waals surface area contributed by atoms with Gasteiger partial charge >= 0.3 is 0 Å². The van der Waals surface area contributed by atoms with Crippen molar-refractivity contribution in [2.45, 2.75) is 77.2 Å². The number of carbonyl (C=O) groups excluding carboxylic acids is 1. The molecule has 0 aromatic carbocycles. The number of likely N-dealkylation sites (tertiary alicyclic amines) is 1. The monoisotopic (exact) mass is 292 g/mol. The van der Waals surface area contributed by atoms with E-state index >= 15 is 0 Å². The van der Waals surface area contributed by atoms with Gasteiger partial charge in [-0.3, -0.25) is 4.79 Å². The summed E-state index contributed by atoms with van der Waals surface area (Å²) in [5, 5.41) is 3.46. The standard InChI is InChI=1S/C18H32N2O/c1-2-15-6-11-19-16(14-15)17(21)20-12-9-18(10-13-20)7-4-3-5-8-18/h15-16,19H,2-14H2,1H3. The highest BCUT2D eigenvalue weighted by molar-refractivity contribution is 5.82. The first-order valence-corrected chi connectivity index (χ1v) is 9.25. The van der Waals surface area contributed by atoms with Crippen LogP contribution in [0.15, 0.2) is 0 Å². The Morgan fingerprint density at radius 3 is 2.52 bits per heavy atom. The molecule has 3 heteroatoms. The summed E-state index contributed by atoms with van der Waals surface area (Å²) in [6, 6.07) is 0.101. The molecule has 120 valence electrons. The van der Waals surface area contributed by atoms with Crippen LogP contribution in [0.3, 0.4) is 0 Å². The maximum atomic E-state index is 12.7. The van der Waals surface area contributed by atoms with E-state index in [9.17, 15) is 4.79 Å². The van der Waals surface area contributed by atoms with E-state index in [0.717, 1.165) is 32.0 Å². The molecule has 21 heavy (non-hydrogen) atoms. The van der Waals surface area contributed by atoms with Crippen molar-refractivity contribution in [2.75, 3.05) is 19.6 Å². The first kappa shape index (κ1) is 15.3. The Bertz CT molecular complexity index is 352. The summed E-state index contributed by atoms with van der Waals surface area (Å²) in [5.41, 5.74) is 0.598. The number of amides is 1. The van der Waals surface area contributed by atoms with Crippen molar-refractivity contribution in [1.82, 2.24) is 10.2 Å². The van der Waals surface area contributed by atoms with Gasteiger partial charge in [-0.15, -0.1) is 0 Å². The van der Waals surface area contributed by atoms with E-state index in [1.165, 1.54) is 57.8 Å². The lowest BCUT2D eigenvalue weighted by atomic mass is 9.68. The van der Waals surface area contributed by atoms with Crippen molar-refractivity contribution in [2.24, 2.45) is 11.3 Å². The zero-order chi connectivity index (χ0) is 14.7. The van der Waals surface area contributed by atoms with Crippen LogP contribution in [0.1, 0.15) is 71.1 Å². The number of piperidine rings is 2. The third-order valence-corrected chi connectivity index (χ3v) is 6.44. The number of carbonyl (C=O) groups is 1. The second-order valence-electron chi connectivity index (χ2n) is 7.69. The van der Waals surface area contributed by atoms with Crippen LogP contribution in [0.25, 0.3) is 0 Å². The Hall–Kier alpha value is -0.570. The van der Waals surface area contributed by atoms with Gasteiger partial charge < -0.3 is 10.2 Å². The molecule has 1 saturated carbocycles. The second kappa shape index (κ2) is 6.68. The van der Waals surface area contributed by atoms with E-state index in [2.05, 4.69) is 17.1 Å². The number of nitrogens with zero attached hydrogens (tertiary/aromatic N) is 1. The van der Waals surface area contributed by atoms with Gasteiger partial charge in [-0.05, 0) is 56.4 Å². The van der Waals surface area contributed by atoms with E-state index in [1.807, 2.05) is 0 Å². The van der Waals surface area contributed by atoms with Gasteiger partial charge in [-0.25, -0.2) is 0 Å². The summed E-state index contributed by atoms with van der Waals surface area (Å²) in [5.74, 6) is 1.13. The molecule has 2 heterocycles. The summed E-state index contributed by atoms with van der Waals surface area (Å²) >= 11 is 0. The maximum absolute atomic E-state index is 12.7. The van der Waals surface area contributed by atoms with Crippen LogP contribution in [0.5, 0.6) is 0 Å². The van der Waals surface area contributed by atoms with Gasteiger partial charge in [0.2, 0.25) is 5.91 Å². The Morgan fingerprint density at radius 2 is 1.86 bits per heavy atom. The van der Waals surface area contributed by atoms with E-state index < -0.39 is 0 Å². The first-order chi connectivity index (χ1) is 10.2. The molecule has 0 radical (unpaired) electrons. The predicted octanol–water partition coefficient (Wildman–Crippen LogP) is 3.34. The van der Waals surface area contributed by atoms with Gasteiger partial charge in [0, 0.05) is 13.1 Å². The smallest absolute Gasteiger partial charge is 0.239 e. The van der Waals surface area contributed by atoms with Crippen molar-refractivity contribution < 1.29 is 4.79 Å². The molecule has 0 bridgehead atoms. The number of nitrogens with one attached hydrogen (secondary N) is 1. The second-order valence-corrected chi connectivity index (χ2v) is 7.69. The van der Waals surface area contributed by atoms with E-state index in [1.54, 1.807) is 0 Å². The van der Waals surface area contributed by atoms with Crippen molar-refractivity contribution in [3.05, 3.63) is 0 Å². The Balaban J connectivity index is 1.52. The van der Waals surface area contributed by atoms with Gasteiger partial charge in [-0.2, -0.15) is 0 Å². The molecule has 0 aromatic heterocycles. The average molecular weight is 292 g/mol. The van der Waals surface area contributed by atoms with Gasteiger partial charge in [0.25, 0.3) is 0 Å². The molecule has 2 aliphatic heterocycles. The maximum Gasteiger partial charge on any atom is 0.239 e. The van der Waals surface area contributed by atoms with Crippen molar-refractivity contribution >= 4 is 5.91 Å². The van der Waals surface area contributed by atoms with Gasteiger partial charge in [0.1, 0.15) is 0 Å². The number of rotatable bonds is 2. The minimum absolute atomic E-state index is 0.101. The molecule has 1 spiro atoms. The average Bonchev–Trinajstić information content (AvgIpc) is 2.56. The van der Waals surface area contributed by atoms with Gasteiger partial charge in [-0.1, -0.05) is 32.6 Å². The van der Waals surface area contributed by atoms with Crippen LogP contribution in [-0.4, -0.2) is 36.5 Å². The van der Waals surface area contributed by atoms with E-state index in [-0.39, 0.29) is 6.04 Å². The highest BCUT2D eigenvalue weighted by atomic mass is 16.2. The van der Waals surface area contributed by atoms with Crippen LogP contribution in [0.2, 0.25) is 0 Å². The Labute approximate surface area is 129 Å².